The largest absolute Gasteiger partial charge is 0.497 e. The summed E-state index contributed by atoms with van der Waals surface area (Å²) < 4.78 is 20.2. The highest BCUT2D eigenvalue weighted by molar-refractivity contribution is 7.09. The third kappa shape index (κ3) is 5.71. The molecule has 3 aromatic rings. The van der Waals surface area contributed by atoms with Crippen LogP contribution in [0.4, 0.5) is 11.4 Å². The fourth-order valence-corrected chi connectivity index (χ4v) is 4.93. The van der Waals surface area contributed by atoms with Crippen molar-refractivity contribution < 1.29 is 28.6 Å². The topological polar surface area (TPSA) is 159 Å². The van der Waals surface area contributed by atoms with Crippen LogP contribution in [0.1, 0.15) is 44.6 Å². The van der Waals surface area contributed by atoms with E-state index < -0.39 is 23.8 Å². The highest BCUT2D eigenvalue weighted by atomic mass is 32.1. The Morgan fingerprint density at radius 2 is 1.74 bits per heavy atom. The van der Waals surface area contributed by atoms with Crippen molar-refractivity contribution in [2.45, 2.75) is 25.0 Å². The fourth-order valence-electron chi connectivity index (χ4n) is 4.19. The first kappa shape index (κ1) is 26.9. The quantitative estimate of drug-likeness (QED) is 0.354. The van der Waals surface area contributed by atoms with E-state index in [1.165, 1.54) is 19.1 Å². The van der Waals surface area contributed by atoms with Crippen molar-refractivity contribution in [1.82, 2.24) is 9.69 Å². The van der Waals surface area contributed by atoms with Gasteiger partial charge in [0.2, 0.25) is 5.91 Å². The molecule has 3 amide bonds. The van der Waals surface area contributed by atoms with E-state index in [0.29, 0.717) is 35.9 Å². The van der Waals surface area contributed by atoms with Gasteiger partial charge in [-0.2, -0.15) is 4.37 Å². The number of nitrogen functional groups attached to an aromatic ring is 1. The van der Waals surface area contributed by atoms with Gasteiger partial charge in [-0.15, -0.1) is 0 Å². The van der Waals surface area contributed by atoms with Gasteiger partial charge in [0.1, 0.15) is 22.4 Å². The molecule has 2 heterocycles. The molecule has 12 heteroatoms. The molecule has 0 unspecified atom stereocenters. The SMILES string of the molecule is COc1ccc([C@@H](C(=O)NC[C@@H]2CCCO2)N(C(=O)c2snc(C(N)=O)c2N)c2ccc(OC)cc2)cc1. The van der Waals surface area contributed by atoms with Crippen LogP contribution in [0, 0.1) is 0 Å². The number of carbonyl (C=O) groups is 3. The van der Waals surface area contributed by atoms with Crippen LogP contribution in [0.15, 0.2) is 48.5 Å². The molecule has 200 valence electrons. The number of amides is 3. The summed E-state index contributed by atoms with van der Waals surface area (Å²) >= 11 is 0.744. The highest BCUT2D eigenvalue weighted by Gasteiger charge is 2.36. The second kappa shape index (κ2) is 11.9. The molecule has 1 aliphatic heterocycles. The molecule has 1 saturated heterocycles. The maximum absolute atomic E-state index is 14.1. The maximum Gasteiger partial charge on any atom is 0.273 e. The predicted octanol–water partition coefficient (Wildman–Crippen LogP) is 2.52. The van der Waals surface area contributed by atoms with Crippen molar-refractivity contribution >= 4 is 40.6 Å². The number of primary amides is 1. The molecule has 4 rings (SSSR count). The van der Waals surface area contributed by atoms with Crippen LogP contribution in [0.2, 0.25) is 0 Å². The molecule has 2 aromatic carbocycles. The smallest absolute Gasteiger partial charge is 0.273 e. The number of nitrogens with one attached hydrogen (secondary N) is 1. The maximum atomic E-state index is 14.1. The third-order valence-corrected chi connectivity index (χ3v) is 7.04. The van der Waals surface area contributed by atoms with Gasteiger partial charge in [0, 0.05) is 18.8 Å². The average Bonchev–Trinajstić information content (AvgIpc) is 3.60. The van der Waals surface area contributed by atoms with Gasteiger partial charge in [-0.1, -0.05) is 12.1 Å². The number of rotatable bonds is 10. The molecule has 0 bridgehead atoms. The van der Waals surface area contributed by atoms with Crippen molar-refractivity contribution in [3.63, 3.8) is 0 Å². The Labute approximate surface area is 223 Å². The summed E-state index contributed by atoms with van der Waals surface area (Å²) in [6, 6.07) is 12.4. The van der Waals surface area contributed by atoms with Crippen molar-refractivity contribution in [3.8, 4) is 11.5 Å². The van der Waals surface area contributed by atoms with Crippen molar-refractivity contribution in [2.75, 3.05) is 38.0 Å². The lowest BCUT2D eigenvalue weighted by molar-refractivity contribution is -0.123. The second-order valence-electron chi connectivity index (χ2n) is 8.57. The highest BCUT2D eigenvalue weighted by Crippen LogP contribution is 2.34. The minimum Gasteiger partial charge on any atom is -0.497 e. The number of hydrogen-bond acceptors (Lipinski definition) is 9. The zero-order valence-corrected chi connectivity index (χ0v) is 21.8. The lowest BCUT2D eigenvalue weighted by Gasteiger charge is -2.31. The van der Waals surface area contributed by atoms with Gasteiger partial charge in [0.15, 0.2) is 5.69 Å². The standard InChI is InChI=1S/C26H29N5O6S/c1-35-17-9-5-15(6-10-17)22(25(33)29-14-19-4-3-13-37-19)31(16-7-11-18(36-2)12-8-16)26(34)23-20(27)21(24(28)32)30-38-23/h5-12,19,22H,3-4,13-14,27H2,1-2H3,(H2,28,32)(H,29,33)/t19-,22-/m0/s1. The summed E-state index contributed by atoms with van der Waals surface area (Å²) in [7, 11) is 3.07. The molecule has 38 heavy (non-hydrogen) atoms. The Morgan fingerprint density at radius 3 is 2.26 bits per heavy atom. The first-order chi connectivity index (χ1) is 18.3. The van der Waals surface area contributed by atoms with E-state index in [-0.39, 0.29) is 22.4 Å². The van der Waals surface area contributed by atoms with Gasteiger partial charge in [-0.25, -0.2) is 0 Å². The summed E-state index contributed by atoms with van der Waals surface area (Å²) in [4.78, 5) is 40.9. The number of benzene rings is 2. The average molecular weight is 540 g/mol. The summed E-state index contributed by atoms with van der Waals surface area (Å²) in [6.45, 7) is 0.941. The molecule has 1 aliphatic rings. The molecule has 0 radical (unpaired) electrons. The number of nitrogens with two attached hydrogens (primary N) is 2. The van der Waals surface area contributed by atoms with E-state index >= 15 is 0 Å². The van der Waals surface area contributed by atoms with Crippen LogP contribution in [0.3, 0.4) is 0 Å². The molecule has 0 spiro atoms. The number of ether oxygens (including phenoxy) is 3. The Morgan fingerprint density at radius 1 is 1.11 bits per heavy atom. The van der Waals surface area contributed by atoms with Crippen LogP contribution in [-0.4, -0.2) is 55.6 Å². The third-order valence-electron chi connectivity index (χ3n) is 6.19. The summed E-state index contributed by atoms with van der Waals surface area (Å²) in [6.07, 6.45) is 1.66. The van der Waals surface area contributed by atoms with E-state index in [4.69, 9.17) is 25.7 Å². The monoisotopic (exact) mass is 539 g/mol. The number of aromatic nitrogens is 1. The van der Waals surface area contributed by atoms with Crippen molar-refractivity contribution in [2.24, 2.45) is 5.73 Å². The zero-order valence-electron chi connectivity index (χ0n) is 21.0. The van der Waals surface area contributed by atoms with Gasteiger partial charge in [-0.3, -0.25) is 19.3 Å². The van der Waals surface area contributed by atoms with Crippen LogP contribution in [0.5, 0.6) is 11.5 Å². The lowest BCUT2D eigenvalue weighted by Crippen LogP contribution is -2.45. The van der Waals surface area contributed by atoms with E-state index in [1.807, 2.05) is 0 Å². The molecule has 2 atom stereocenters. The van der Waals surface area contributed by atoms with Gasteiger partial charge in [0.05, 0.1) is 26.0 Å². The number of anilines is 2. The summed E-state index contributed by atoms with van der Waals surface area (Å²) in [5.74, 6) is -0.737. The molecule has 5 N–H and O–H groups in total. The van der Waals surface area contributed by atoms with Crippen LogP contribution in [0.25, 0.3) is 0 Å². The minimum absolute atomic E-state index is 0.0138. The molecule has 1 fully saturated rings. The molecular formula is C26H29N5O6S. The predicted molar refractivity (Wildman–Crippen MR) is 143 cm³/mol. The van der Waals surface area contributed by atoms with Gasteiger partial charge >= 0.3 is 0 Å². The Hall–Kier alpha value is -4.16. The zero-order chi connectivity index (χ0) is 27.2. The second-order valence-corrected chi connectivity index (χ2v) is 9.34. The minimum atomic E-state index is -1.11. The van der Waals surface area contributed by atoms with Crippen molar-refractivity contribution in [3.05, 3.63) is 64.7 Å². The number of nitrogens with zero attached hydrogens (tertiary/aromatic N) is 2. The summed E-state index contributed by atoms with van der Waals surface area (Å²) in [5, 5.41) is 2.94. The Kier molecular flexibility index (Phi) is 8.44. The van der Waals surface area contributed by atoms with Crippen LogP contribution >= 0.6 is 11.5 Å². The van der Waals surface area contributed by atoms with Crippen LogP contribution < -0.4 is 31.2 Å². The van der Waals surface area contributed by atoms with Crippen LogP contribution in [-0.2, 0) is 9.53 Å². The van der Waals surface area contributed by atoms with Gasteiger partial charge < -0.3 is 31.0 Å². The fraction of sp³-hybridized carbons (Fsp3) is 0.308. The van der Waals surface area contributed by atoms with E-state index in [0.717, 1.165) is 24.4 Å². The van der Waals surface area contributed by atoms with E-state index in [2.05, 4.69) is 9.69 Å². The molecule has 0 saturated carbocycles. The summed E-state index contributed by atoms with van der Waals surface area (Å²) in [5.41, 5.74) is 12.1. The molecule has 1 aromatic heterocycles. The number of carbonyl (C=O) groups excluding carboxylic acids is 3. The Bertz CT molecular complexity index is 1290. The molecule has 11 nitrogen and oxygen atoms in total. The first-order valence-electron chi connectivity index (χ1n) is 11.9. The lowest BCUT2D eigenvalue weighted by atomic mass is 10.0. The normalized spacial score (nSPS) is 15.5. The van der Waals surface area contributed by atoms with Crippen molar-refractivity contribution in [1.29, 1.82) is 0 Å². The number of methoxy groups -OCH3 is 2. The van der Waals surface area contributed by atoms with Gasteiger partial charge in [0.25, 0.3) is 11.8 Å². The Balaban J connectivity index is 1.80. The first-order valence-corrected chi connectivity index (χ1v) is 12.7. The van der Waals surface area contributed by atoms with Gasteiger partial charge in [-0.05, 0) is 66.3 Å². The molecule has 0 aliphatic carbocycles. The van der Waals surface area contributed by atoms with E-state index in [1.54, 1.807) is 48.5 Å². The molecular weight excluding hydrogens is 510 g/mol. The van der Waals surface area contributed by atoms with E-state index in [9.17, 15) is 14.4 Å². The number of hydrogen-bond donors (Lipinski definition) is 3.